The Morgan fingerprint density at radius 2 is 1.43 bits per heavy atom. The van der Waals surface area contributed by atoms with E-state index in [-0.39, 0.29) is 5.54 Å². The Bertz CT molecular complexity index is 1270. The zero-order chi connectivity index (χ0) is 19.3. The molecular formula is C24H22N4. The highest BCUT2D eigenvalue weighted by Crippen LogP contribution is 2.24. The molecular weight excluding hydrogens is 344 g/mol. The maximum Gasteiger partial charge on any atom is 0.0659 e. The van der Waals surface area contributed by atoms with E-state index in [0.29, 0.717) is 0 Å². The fourth-order valence-corrected chi connectivity index (χ4v) is 3.62. The molecule has 0 saturated heterocycles. The molecule has 0 unspecified atom stereocenters. The lowest BCUT2D eigenvalue weighted by Crippen LogP contribution is -2.21. The number of nitrogens with one attached hydrogen (secondary N) is 1. The smallest absolute Gasteiger partial charge is 0.0659 e. The number of allylic oxidation sites excluding steroid dienone is 5. The Hall–Kier alpha value is -3.40. The monoisotopic (exact) mass is 366 g/mol. The quantitative estimate of drug-likeness (QED) is 0.742. The van der Waals surface area contributed by atoms with Crippen LogP contribution in [0.1, 0.15) is 32.0 Å². The molecule has 0 aliphatic carbocycles. The van der Waals surface area contributed by atoms with Crippen molar-refractivity contribution in [2.75, 3.05) is 0 Å². The van der Waals surface area contributed by atoms with Gasteiger partial charge in [0.05, 0.1) is 22.8 Å². The van der Waals surface area contributed by atoms with E-state index >= 15 is 0 Å². The minimum absolute atomic E-state index is 0.0214. The van der Waals surface area contributed by atoms with Crippen LogP contribution in [0.25, 0.3) is 18.2 Å². The minimum Gasteiger partial charge on any atom is -0.355 e. The second-order valence-electron chi connectivity index (χ2n) is 8.28. The molecule has 0 saturated carbocycles. The highest BCUT2D eigenvalue weighted by Gasteiger charge is 2.17. The van der Waals surface area contributed by atoms with Gasteiger partial charge in [-0.2, -0.15) is 0 Å². The van der Waals surface area contributed by atoms with Crippen molar-refractivity contribution in [2.45, 2.75) is 26.3 Å². The van der Waals surface area contributed by atoms with Gasteiger partial charge in [-0.3, -0.25) is 0 Å². The molecule has 5 heterocycles. The first kappa shape index (κ1) is 16.8. The Labute approximate surface area is 164 Å². The second-order valence-corrected chi connectivity index (χ2v) is 8.28. The number of hydrogen-bond donors (Lipinski definition) is 1. The topological polar surface area (TPSA) is 45.4 Å². The summed E-state index contributed by atoms with van der Waals surface area (Å²) in [5, 5.41) is 2.11. The summed E-state index contributed by atoms with van der Waals surface area (Å²) in [6.45, 7) is 6.65. The van der Waals surface area contributed by atoms with E-state index in [2.05, 4.69) is 84.0 Å². The lowest BCUT2D eigenvalue weighted by atomic mass is 10.1. The molecule has 0 fully saturated rings. The molecule has 8 bridgehead atoms. The third kappa shape index (κ3) is 3.18. The predicted octanol–water partition coefficient (Wildman–Crippen LogP) is 3.44. The highest BCUT2D eigenvalue weighted by atomic mass is 15.0. The summed E-state index contributed by atoms with van der Waals surface area (Å²) < 4.78 is 2.30. The number of aliphatic imine (C=N–C) groups is 2. The average Bonchev–Trinajstić information content (AvgIpc) is 3.38. The molecule has 0 amide bonds. The van der Waals surface area contributed by atoms with Crippen LogP contribution in [0.3, 0.4) is 0 Å². The fraction of sp³-hybridized carbons (Fsp3) is 0.167. The van der Waals surface area contributed by atoms with E-state index < -0.39 is 0 Å². The Kier molecular flexibility index (Phi) is 3.63. The first-order valence-electron chi connectivity index (χ1n) is 9.51. The summed E-state index contributed by atoms with van der Waals surface area (Å²) in [6.07, 6.45) is 18.7. The van der Waals surface area contributed by atoms with Gasteiger partial charge in [0.1, 0.15) is 0 Å². The van der Waals surface area contributed by atoms with Gasteiger partial charge < -0.3 is 9.55 Å². The van der Waals surface area contributed by atoms with E-state index in [1.165, 1.54) is 0 Å². The van der Waals surface area contributed by atoms with Crippen LogP contribution in [0.5, 0.6) is 0 Å². The summed E-state index contributed by atoms with van der Waals surface area (Å²) in [6, 6.07) is 6.40. The van der Waals surface area contributed by atoms with Crippen LogP contribution in [0.2, 0.25) is 0 Å². The van der Waals surface area contributed by atoms with Gasteiger partial charge in [0.2, 0.25) is 0 Å². The average molecular weight is 366 g/mol. The number of aromatic amines is 1. The summed E-state index contributed by atoms with van der Waals surface area (Å²) in [5.74, 6) is 0. The summed E-state index contributed by atoms with van der Waals surface area (Å²) in [7, 11) is 0. The summed E-state index contributed by atoms with van der Waals surface area (Å²) in [4.78, 5) is 12.9. The van der Waals surface area contributed by atoms with E-state index in [9.17, 15) is 0 Å². The molecule has 4 heteroatoms. The first-order chi connectivity index (χ1) is 13.4. The van der Waals surface area contributed by atoms with Crippen LogP contribution >= 0.6 is 0 Å². The zero-order valence-corrected chi connectivity index (χ0v) is 16.3. The summed E-state index contributed by atoms with van der Waals surface area (Å²) >= 11 is 0. The van der Waals surface area contributed by atoms with Gasteiger partial charge in [-0.25, -0.2) is 9.98 Å². The standard InChI is InChI=1S/C24H22N4/c1-24(2,3)28-15-16-10-17-4-5-18(25-17)12-19-6-7-20(26-19)13-21-8-9-22(27-21)14-23(28)11-16/h4-15,25H,1-3H3. The molecule has 4 nitrogen and oxygen atoms in total. The van der Waals surface area contributed by atoms with Crippen molar-refractivity contribution < 1.29 is 0 Å². The molecule has 28 heavy (non-hydrogen) atoms. The fourth-order valence-electron chi connectivity index (χ4n) is 3.62. The lowest BCUT2D eigenvalue weighted by molar-refractivity contribution is 0.396. The molecule has 5 rings (SSSR count). The Balaban J connectivity index is 1.75. The van der Waals surface area contributed by atoms with E-state index in [1.807, 2.05) is 24.3 Å². The molecule has 2 aromatic heterocycles. The van der Waals surface area contributed by atoms with Gasteiger partial charge in [0.15, 0.2) is 0 Å². The van der Waals surface area contributed by atoms with Crippen molar-refractivity contribution in [3.05, 3.63) is 88.1 Å². The Morgan fingerprint density at radius 3 is 2.14 bits per heavy atom. The molecule has 3 aliphatic rings. The van der Waals surface area contributed by atoms with E-state index in [4.69, 9.17) is 4.99 Å². The van der Waals surface area contributed by atoms with Crippen LogP contribution in [-0.2, 0) is 5.54 Å². The van der Waals surface area contributed by atoms with Gasteiger partial charge >= 0.3 is 0 Å². The SMILES string of the molecule is CC(C)(C)n1cc2cc1C=C1C=CC(=N1)C=C1C=CC(=N1)C=c1ccc([nH]1)=C2. The third-order valence-corrected chi connectivity index (χ3v) is 4.91. The van der Waals surface area contributed by atoms with Crippen molar-refractivity contribution in [1.29, 1.82) is 0 Å². The molecule has 3 aliphatic heterocycles. The number of fused-ring (bicyclic) bond motifs is 6. The lowest BCUT2D eigenvalue weighted by Gasteiger charge is -2.23. The van der Waals surface area contributed by atoms with Gasteiger partial charge in [-0.15, -0.1) is 0 Å². The molecule has 0 aromatic carbocycles. The maximum absolute atomic E-state index is 4.75. The molecule has 0 spiro atoms. The zero-order valence-electron chi connectivity index (χ0n) is 16.3. The molecule has 2 aromatic rings. The second kappa shape index (κ2) is 6.06. The van der Waals surface area contributed by atoms with Crippen molar-refractivity contribution in [1.82, 2.24) is 9.55 Å². The van der Waals surface area contributed by atoms with Crippen molar-refractivity contribution >= 4 is 29.7 Å². The van der Waals surface area contributed by atoms with Crippen LogP contribution in [0, 0.1) is 0 Å². The van der Waals surface area contributed by atoms with Gasteiger partial charge in [-0.1, -0.05) is 0 Å². The number of aromatic nitrogens is 2. The number of H-pyrrole nitrogens is 1. The normalized spacial score (nSPS) is 17.5. The molecule has 1 N–H and O–H groups in total. The largest absolute Gasteiger partial charge is 0.355 e. The van der Waals surface area contributed by atoms with Crippen LogP contribution in [-0.4, -0.2) is 21.0 Å². The first-order valence-corrected chi connectivity index (χ1v) is 9.51. The van der Waals surface area contributed by atoms with Gasteiger partial charge in [0.25, 0.3) is 0 Å². The van der Waals surface area contributed by atoms with E-state index in [1.54, 1.807) is 0 Å². The maximum atomic E-state index is 4.75. The van der Waals surface area contributed by atoms with E-state index in [0.717, 1.165) is 44.8 Å². The van der Waals surface area contributed by atoms with Crippen LogP contribution in [0.15, 0.2) is 76.2 Å². The molecule has 0 atom stereocenters. The summed E-state index contributed by atoms with van der Waals surface area (Å²) in [5.41, 5.74) is 6.01. The predicted molar refractivity (Wildman–Crippen MR) is 117 cm³/mol. The number of rotatable bonds is 0. The Morgan fingerprint density at radius 1 is 0.786 bits per heavy atom. The van der Waals surface area contributed by atoms with Crippen molar-refractivity contribution in [2.24, 2.45) is 9.98 Å². The van der Waals surface area contributed by atoms with Crippen LogP contribution in [0.4, 0.5) is 0 Å². The van der Waals surface area contributed by atoms with Gasteiger partial charge in [0, 0.05) is 28.1 Å². The minimum atomic E-state index is -0.0214. The van der Waals surface area contributed by atoms with Crippen LogP contribution < -0.4 is 10.7 Å². The molecule has 0 radical (unpaired) electrons. The number of hydrogen-bond acceptors (Lipinski definition) is 2. The van der Waals surface area contributed by atoms with Crippen molar-refractivity contribution in [3.63, 3.8) is 0 Å². The van der Waals surface area contributed by atoms with Gasteiger partial charge in [-0.05, 0) is 93.1 Å². The number of nitrogens with zero attached hydrogens (tertiary/aromatic N) is 3. The van der Waals surface area contributed by atoms with Crippen molar-refractivity contribution in [3.8, 4) is 0 Å². The molecule has 138 valence electrons. The third-order valence-electron chi connectivity index (χ3n) is 4.91. The highest BCUT2D eigenvalue weighted by molar-refractivity contribution is 6.19.